The van der Waals surface area contributed by atoms with E-state index in [2.05, 4.69) is 10.2 Å². The van der Waals surface area contributed by atoms with Crippen LogP contribution in [0.2, 0.25) is 0 Å². The minimum Gasteiger partial charge on any atom is -0.405 e. The van der Waals surface area contributed by atoms with Gasteiger partial charge in [-0.2, -0.15) is 0 Å². The molecule has 0 saturated carbocycles. The highest BCUT2D eigenvalue weighted by Crippen LogP contribution is 2.26. The average molecular weight is 247 g/mol. The Kier molecular flexibility index (Phi) is 2.83. The number of nitrogens with one attached hydrogen (secondary N) is 1. The number of anilines is 1. The molecule has 3 rings (SSSR count). The quantitative estimate of drug-likeness (QED) is 0.861. The number of fused-ring (bicyclic) bond motifs is 1. The maximum absolute atomic E-state index is 11.8. The first-order valence-corrected chi connectivity index (χ1v) is 6.39. The molecule has 1 N–H and O–H groups in total. The van der Waals surface area contributed by atoms with E-state index in [9.17, 15) is 4.79 Å². The van der Waals surface area contributed by atoms with Crippen LogP contribution in [0.3, 0.4) is 0 Å². The molecule has 1 aromatic heterocycles. The Morgan fingerprint density at radius 1 is 1.33 bits per heavy atom. The van der Waals surface area contributed by atoms with Crippen molar-refractivity contribution in [3.63, 3.8) is 0 Å². The van der Waals surface area contributed by atoms with Crippen molar-refractivity contribution in [2.24, 2.45) is 0 Å². The molecule has 0 unspecified atom stereocenters. The van der Waals surface area contributed by atoms with Crippen LogP contribution in [0.25, 0.3) is 11.1 Å². The second-order valence-corrected chi connectivity index (χ2v) is 4.47. The van der Waals surface area contributed by atoms with E-state index in [1.54, 1.807) is 4.57 Å². The molecule has 1 aliphatic heterocycles. The Labute approximate surface area is 105 Å². The normalized spacial score (nSPS) is 16.4. The number of nitrogens with zero attached hydrogens (tertiary/aromatic N) is 2. The summed E-state index contributed by atoms with van der Waals surface area (Å²) < 4.78 is 7.09. The number of piperazine rings is 1. The van der Waals surface area contributed by atoms with Gasteiger partial charge in [0.2, 0.25) is 0 Å². The zero-order chi connectivity index (χ0) is 12.5. The van der Waals surface area contributed by atoms with Crippen molar-refractivity contribution >= 4 is 16.8 Å². The highest BCUT2D eigenvalue weighted by atomic mass is 16.4. The SMILES string of the molecule is CCn1c(=O)oc2c(N3CCNCC3)cccc21. The van der Waals surface area contributed by atoms with Gasteiger partial charge in [-0.15, -0.1) is 0 Å². The molecule has 1 aromatic carbocycles. The van der Waals surface area contributed by atoms with E-state index in [1.165, 1.54) is 0 Å². The number of hydrogen-bond donors (Lipinski definition) is 1. The Morgan fingerprint density at radius 3 is 2.83 bits per heavy atom. The molecule has 5 nitrogen and oxygen atoms in total. The summed E-state index contributed by atoms with van der Waals surface area (Å²) in [5.74, 6) is -0.268. The molecule has 0 radical (unpaired) electrons. The number of hydrogen-bond acceptors (Lipinski definition) is 4. The van der Waals surface area contributed by atoms with Crippen molar-refractivity contribution in [3.05, 3.63) is 28.7 Å². The third-order valence-corrected chi connectivity index (χ3v) is 3.45. The molecular weight excluding hydrogens is 230 g/mol. The van der Waals surface area contributed by atoms with E-state index >= 15 is 0 Å². The second kappa shape index (κ2) is 4.49. The van der Waals surface area contributed by atoms with Crippen molar-refractivity contribution in [2.75, 3.05) is 31.1 Å². The van der Waals surface area contributed by atoms with Crippen LogP contribution in [0, 0.1) is 0 Å². The lowest BCUT2D eigenvalue weighted by Gasteiger charge is -2.29. The summed E-state index contributed by atoms with van der Waals surface area (Å²) >= 11 is 0. The summed E-state index contributed by atoms with van der Waals surface area (Å²) in [6.45, 7) is 6.41. The van der Waals surface area contributed by atoms with Crippen LogP contribution in [0.5, 0.6) is 0 Å². The van der Waals surface area contributed by atoms with Crippen LogP contribution in [0.15, 0.2) is 27.4 Å². The maximum Gasteiger partial charge on any atom is 0.420 e. The van der Waals surface area contributed by atoms with Crippen molar-refractivity contribution in [1.82, 2.24) is 9.88 Å². The van der Waals surface area contributed by atoms with Crippen LogP contribution in [-0.4, -0.2) is 30.7 Å². The standard InChI is InChI=1S/C13H17N3O2/c1-2-16-11-5-3-4-10(12(11)18-13(16)17)15-8-6-14-7-9-15/h3-5,14H,2,6-9H2,1H3. The maximum atomic E-state index is 11.8. The minimum absolute atomic E-state index is 0.268. The lowest BCUT2D eigenvalue weighted by Crippen LogP contribution is -2.43. The van der Waals surface area contributed by atoms with Crippen LogP contribution < -0.4 is 16.0 Å². The van der Waals surface area contributed by atoms with Crippen molar-refractivity contribution in [3.8, 4) is 0 Å². The number of benzene rings is 1. The molecular formula is C13H17N3O2. The zero-order valence-corrected chi connectivity index (χ0v) is 10.5. The third-order valence-electron chi connectivity index (χ3n) is 3.45. The molecule has 0 amide bonds. The Balaban J connectivity index is 2.14. The van der Waals surface area contributed by atoms with E-state index in [4.69, 9.17) is 4.42 Å². The van der Waals surface area contributed by atoms with Crippen LogP contribution in [0.1, 0.15) is 6.92 Å². The lowest BCUT2D eigenvalue weighted by atomic mass is 10.2. The first kappa shape index (κ1) is 11.3. The monoisotopic (exact) mass is 247 g/mol. The van der Waals surface area contributed by atoms with E-state index in [-0.39, 0.29) is 5.76 Å². The third kappa shape index (κ3) is 1.71. The van der Waals surface area contributed by atoms with Gasteiger partial charge in [-0.3, -0.25) is 4.57 Å². The van der Waals surface area contributed by atoms with E-state index in [1.807, 2.05) is 25.1 Å². The lowest BCUT2D eigenvalue weighted by molar-refractivity contribution is 0.511. The molecule has 0 bridgehead atoms. The van der Waals surface area contributed by atoms with Crippen molar-refractivity contribution in [1.29, 1.82) is 0 Å². The highest BCUT2D eigenvalue weighted by Gasteiger charge is 2.17. The number of aromatic nitrogens is 1. The summed E-state index contributed by atoms with van der Waals surface area (Å²) in [4.78, 5) is 14.0. The van der Waals surface area contributed by atoms with Crippen molar-refractivity contribution < 1.29 is 4.42 Å². The molecule has 18 heavy (non-hydrogen) atoms. The van der Waals surface area contributed by atoms with Gasteiger partial charge in [0.15, 0.2) is 5.58 Å². The smallest absolute Gasteiger partial charge is 0.405 e. The van der Waals surface area contributed by atoms with Gasteiger partial charge in [0.1, 0.15) is 0 Å². The summed E-state index contributed by atoms with van der Waals surface area (Å²) in [6.07, 6.45) is 0. The van der Waals surface area contributed by atoms with E-state index in [0.29, 0.717) is 12.1 Å². The molecule has 0 atom stereocenters. The predicted molar refractivity (Wildman–Crippen MR) is 71.2 cm³/mol. The van der Waals surface area contributed by atoms with Gasteiger partial charge >= 0.3 is 5.76 Å². The second-order valence-electron chi connectivity index (χ2n) is 4.47. The van der Waals surface area contributed by atoms with Crippen molar-refractivity contribution in [2.45, 2.75) is 13.5 Å². The molecule has 2 heterocycles. The molecule has 5 heteroatoms. The van der Waals surface area contributed by atoms with Gasteiger partial charge in [-0.05, 0) is 19.1 Å². The van der Waals surface area contributed by atoms with E-state index in [0.717, 1.165) is 37.4 Å². The largest absolute Gasteiger partial charge is 0.420 e. The molecule has 1 saturated heterocycles. The fourth-order valence-electron chi connectivity index (χ4n) is 2.53. The predicted octanol–water partition coefficient (Wildman–Crippen LogP) is 1.02. The van der Waals surface area contributed by atoms with Crippen LogP contribution in [0.4, 0.5) is 5.69 Å². The minimum atomic E-state index is -0.268. The van der Waals surface area contributed by atoms with Crippen LogP contribution >= 0.6 is 0 Å². The highest BCUT2D eigenvalue weighted by molar-refractivity contribution is 5.87. The molecule has 96 valence electrons. The van der Waals surface area contributed by atoms with Crippen LogP contribution in [-0.2, 0) is 6.54 Å². The first-order chi connectivity index (χ1) is 8.81. The molecule has 1 fully saturated rings. The summed E-state index contributed by atoms with van der Waals surface area (Å²) in [5.41, 5.74) is 2.63. The zero-order valence-electron chi connectivity index (χ0n) is 10.5. The van der Waals surface area contributed by atoms with Gasteiger partial charge in [-0.25, -0.2) is 4.79 Å². The average Bonchev–Trinajstić information content (AvgIpc) is 2.74. The fourth-order valence-corrected chi connectivity index (χ4v) is 2.53. The fraction of sp³-hybridized carbons (Fsp3) is 0.462. The van der Waals surface area contributed by atoms with Gasteiger partial charge in [0.05, 0.1) is 11.2 Å². The molecule has 0 aliphatic carbocycles. The topological polar surface area (TPSA) is 50.4 Å². The number of aryl methyl sites for hydroxylation is 1. The number of oxazole rings is 1. The van der Waals surface area contributed by atoms with E-state index < -0.39 is 0 Å². The summed E-state index contributed by atoms with van der Waals surface area (Å²) in [5, 5.41) is 3.32. The van der Waals surface area contributed by atoms with Gasteiger partial charge in [0, 0.05) is 32.7 Å². The first-order valence-electron chi connectivity index (χ1n) is 6.39. The molecule has 1 aliphatic rings. The summed E-state index contributed by atoms with van der Waals surface area (Å²) in [6, 6.07) is 5.95. The number of para-hydroxylation sites is 1. The number of rotatable bonds is 2. The van der Waals surface area contributed by atoms with Gasteiger partial charge in [-0.1, -0.05) is 6.07 Å². The summed E-state index contributed by atoms with van der Waals surface area (Å²) in [7, 11) is 0. The Bertz CT molecular complexity index is 608. The van der Waals surface area contributed by atoms with Gasteiger partial charge in [0.25, 0.3) is 0 Å². The Hall–Kier alpha value is -1.75. The van der Waals surface area contributed by atoms with Gasteiger partial charge < -0.3 is 14.6 Å². The molecule has 0 spiro atoms. The Morgan fingerprint density at radius 2 is 2.11 bits per heavy atom. The molecule has 2 aromatic rings.